The molecule has 0 fully saturated rings. The molecule has 0 unspecified atom stereocenters. The lowest BCUT2D eigenvalue weighted by atomic mass is 10.0. The fraction of sp³-hybridized carbons (Fsp3) is 0.158. The third-order valence-corrected chi connectivity index (χ3v) is 4.34. The van der Waals surface area contributed by atoms with E-state index in [1.807, 2.05) is 24.3 Å². The number of anilines is 1. The van der Waals surface area contributed by atoms with E-state index in [1.165, 1.54) is 13.2 Å². The molecule has 27 heavy (non-hydrogen) atoms. The van der Waals surface area contributed by atoms with Crippen LogP contribution in [0, 0.1) is 11.2 Å². The highest BCUT2D eigenvalue weighted by molar-refractivity contribution is 9.10. The molecule has 0 radical (unpaired) electrons. The van der Waals surface area contributed by atoms with Gasteiger partial charge in [0.25, 0.3) is 0 Å². The molecule has 1 heterocycles. The van der Waals surface area contributed by atoms with Gasteiger partial charge in [0, 0.05) is 40.5 Å². The molecular weight excluding hydrogens is 417 g/mol. The van der Waals surface area contributed by atoms with Crippen molar-refractivity contribution in [2.75, 3.05) is 26.1 Å². The number of aromatic nitrogens is 1. The first-order valence-corrected chi connectivity index (χ1v) is 8.81. The summed E-state index contributed by atoms with van der Waals surface area (Å²) in [6, 6.07) is 11.6. The number of ether oxygens (including phenoxy) is 2. The third kappa shape index (κ3) is 4.35. The Morgan fingerprint density at radius 1 is 1.22 bits per heavy atom. The fourth-order valence-electron chi connectivity index (χ4n) is 2.41. The first-order chi connectivity index (χ1) is 13.0. The van der Waals surface area contributed by atoms with E-state index < -0.39 is 5.82 Å². The molecule has 0 spiro atoms. The smallest absolute Gasteiger partial charge is 0.185 e. The highest BCUT2D eigenvalue weighted by Crippen LogP contribution is 2.28. The Balaban J connectivity index is 1.83. The monoisotopic (exact) mass is 433 g/mol. The first kappa shape index (κ1) is 19.1. The van der Waals surface area contributed by atoms with Crippen molar-refractivity contribution in [3.05, 3.63) is 64.1 Å². The number of nitrogen functional groups attached to an aromatic ring is 1. The highest BCUT2D eigenvalue weighted by atomic mass is 79.9. The van der Waals surface area contributed by atoms with Crippen LogP contribution in [0.3, 0.4) is 0 Å². The first-order valence-electron chi connectivity index (χ1n) is 8.02. The normalized spacial score (nSPS) is 10.8. The topological polar surface area (TPSA) is 94.4 Å². The summed E-state index contributed by atoms with van der Waals surface area (Å²) in [5.74, 6) is -0.422. The SMILES string of the molecule is COCCOc1cc(N)c(C(=N)c2cc(-c3ccc(Br)cc3)no2)cc1F. The van der Waals surface area contributed by atoms with Crippen molar-refractivity contribution in [2.45, 2.75) is 0 Å². The van der Waals surface area contributed by atoms with Gasteiger partial charge in [-0.25, -0.2) is 4.39 Å². The van der Waals surface area contributed by atoms with Crippen LogP contribution in [0.25, 0.3) is 11.3 Å². The Morgan fingerprint density at radius 2 is 1.96 bits per heavy atom. The largest absolute Gasteiger partial charge is 0.488 e. The molecule has 0 aliphatic heterocycles. The van der Waals surface area contributed by atoms with E-state index >= 15 is 0 Å². The van der Waals surface area contributed by atoms with Gasteiger partial charge in [0.2, 0.25) is 0 Å². The minimum atomic E-state index is -0.618. The van der Waals surface area contributed by atoms with Crippen LogP contribution in [0.2, 0.25) is 0 Å². The van der Waals surface area contributed by atoms with Crippen LogP contribution < -0.4 is 10.5 Å². The van der Waals surface area contributed by atoms with Crippen LogP contribution in [0.4, 0.5) is 10.1 Å². The van der Waals surface area contributed by atoms with Crippen LogP contribution in [0.1, 0.15) is 11.3 Å². The Bertz CT molecular complexity index is 957. The van der Waals surface area contributed by atoms with Crippen LogP contribution in [-0.2, 0) is 4.74 Å². The number of nitrogens with zero attached hydrogens (tertiary/aromatic N) is 1. The molecule has 2 aromatic carbocycles. The zero-order valence-electron chi connectivity index (χ0n) is 14.5. The zero-order valence-corrected chi connectivity index (χ0v) is 16.0. The summed E-state index contributed by atoms with van der Waals surface area (Å²) in [5, 5.41) is 12.3. The van der Waals surface area contributed by atoms with E-state index in [2.05, 4.69) is 21.1 Å². The zero-order chi connectivity index (χ0) is 19.4. The summed E-state index contributed by atoms with van der Waals surface area (Å²) in [6.45, 7) is 0.524. The number of nitrogens with one attached hydrogen (secondary N) is 1. The lowest BCUT2D eigenvalue weighted by molar-refractivity contribution is 0.144. The average Bonchev–Trinajstić information content (AvgIpc) is 3.14. The molecule has 3 aromatic rings. The number of hydrogen-bond acceptors (Lipinski definition) is 6. The van der Waals surface area contributed by atoms with Gasteiger partial charge < -0.3 is 19.7 Å². The average molecular weight is 434 g/mol. The van der Waals surface area contributed by atoms with Crippen molar-refractivity contribution in [2.24, 2.45) is 0 Å². The van der Waals surface area contributed by atoms with E-state index in [1.54, 1.807) is 6.07 Å². The van der Waals surface area contributed by atoms with Gasteiger partial charge in [-0.1, -0.05) is 33.2 Å². The second kappa shape index (κ2) is 8.32. The van der Waals surface area contributed by atoms with E-state index in [0.29, 0.717) is 12.3 Å². The quantitative estimate of drug-likeness (QED) is 0.329. The van der Waals surface area contributed by atoms with Crippen molar-refractivity contribution >= 4 is 27.3 Å². The minimum Gasteiger partial charge on any atom is -0.488 e. The molecule has 0 saturated heterocycles. The van der Waals surface area contributed by atoms with Gasteiger partial charge in [-0.2, -0.15) is 0 Å². The summed E-state index contributed by atoms with van der Waals surface area (Å²) in [7, 11) is 1.53. The number of nitrogens with two attached hydrogens (primary N) is 1. The van der Waals surface area contributed by atoms with Gasteiger partial charge >= 0.3 is 0 Å². The Labute approximate surface area is 163 Å². The number of benzene rings is 2. The summed E-state index contributed by atoms with van der Waals surface area (Å²) in [4.78, 5) is 0. The summed E-state index contributed by atoms with van der Waals surface area (Å²) in [5.41, 5.74) is 7.73. The van der Waals surface area contributed by atoms with Crippen molar-refractivity contribution in [1.29, 1.82) is 5.41 Å². The maximum atomic E-state index is 14.3. The van der Waals surface area contributed by atoms with Crippen LogP contribution >= 0.6 is 15.9 Å². The number of rotatable bonds is 7. The molecule has 140 valence electrons. The van der Waals surface area contributed by atoms with Crippen molar-refractivity contribution < 1.29 is 18.4 Å². The van der Waals surface area contributed by atoms with Gasteiger partial charge in [-0.3, -0.25) is 5.41 Å². The highest BCUT2D eigenvalue weighted by Gasteiger charge is 2.18. The number of methoxy groups -OCH3 is 1. The van der Waals surface area contributed by atoms with Crippen molar-refractivity contribution in [1.82, 2.24) is 5.16 Å². The maximum absolute atomic E-state index is 14.3. The van der Waals surface area contributed by atoms with Crippen molar-refractivity contribution in [3.8, 4) is 17.0 Å². The van der Waals surface area contributed by atoms with Crippen molar-refractivity contribution in [3.63, 3.8) is 0 Å². The summed E-state index contributed by atoms with van der Waals surface area (Å²) >= 11 is 3.37. The fourth-order valence-corrected chi connectivity index (χ4v) is 2.68. The Morgan fingerprint density at radius 3 is 2.67 bits per heavy atom. The lowest BCUT2D eigenvalue weighted by Gasteiger charge is -2.11. The van der Waals surface area contributed by atoms with Gasteiger partial charge in [0.05, 0.1) is 6.61 Å². The lowest BCUT2D eigenvalue weighted by Crippen LogP contribution is -2.09. The Hall–Kier alpha value is -2.71. The third-order valence-electron chi connectivity index (χ3n) is 3.81. The molecule has 0 amide bonds. The van der Waals surface area contributed by atoms with E-state index in [0.717, 1.165) is 16.1 Å². The van der Waals surface area contributed by atoms with E-state index in [-0.39, 0.29) is 35.1 Å². The van der Waals surface area contributed by atoms with Gasteiger partial charge in [-0.05, 0) is 18.2 Å². The second-order valence-corrected chi connectivity index (χ2v) is 6.59. The molecule has 0 atom stereocenters. The molecule has 6 nitrogen and oxygen atoms in total. The molecular formula is C19H17BrFN3O3. The molecule has 3 rings (SSSR count). The summed E-state index contributed by atoms with van der Waals surface area (Å²) < 4.78 is 30.6. The molecule has 3 N–H and O–H groups in total. The number of hydrogen-bond donors (Lipinski definition) is 2. The number of halogens is 2. The van der Waals surface area contributed by atoms with E-state index in [9.17, 15) is 4.39 Å². The van der Waals surface area contributed by atoms with Gasteiger partial charge in [0.1, 0.15) is 18.0 Å². The van der Waals surface area contributed by atoms with Gasteiger partial charge in [0.15, 0.2) is 17.3 Å². The molecule has 0 aliphatic rings. The maximum Gasteiger partial charge on any atom is 0.185 e. The van der Waals surface area contributed by atoms with Crippen LogP contribution in [-0.4, -0.2) is 31.2 Å². The predicted molar refractivity (Wildman–Crippen MR) is 104 cm³/mol. The van der Waals surface area contributed by atoms with Crippen LogP contribution in [0.15, 0.2) is 51.5 Å². The Kier molecular flexibility index (Phi) is 5.88. The second-order valence-electron chi connectivity index (χ2n) is 5.67. The standard InChI is InChI=1S/C19H17BrFN3O3/c1-25-6-7-26-17-9-15(22)13(8-14(17)21)19(23)18-10-16(24-27-18)11-2-4-12(20)5-3-11/h2-5,8-10,23H,6-7,22H2,1H3. The van der Waals surface area contributed by atoms with Crippen LogP contribution in [0.5, 0.6) is 5.75 Å². The molecule has 1 aromatic heterocycles. The summed E-state index contributed by atoms with van der Waals surface area (Å²) in [6.07, 6.45) is 0. The minimum absolute atomic E-state index is 0.00854. The molecule has 0 bridgehead atoms. The van der Waals surface area contributed by atoms with E-state index in [4.69, 9.17) is 25.1 Å². The van der Waals surface area contributed by atoms with Gasteiger partial charge in [-0.15, -0.1) is 0 Å². The molecule has 8 heteroatoms. The predicted octanol–water partition coefficient (Wildman–Crippen LogP) is 4.27. The molecule has 0 saturated carbocycles. The molecule has 0 aliphatic carbocycles.